The molecule has 0 aliphatic rings. The lowest BCUT2D eigenvalue weighted by molar-refractivity contribution is 0.141. The van der Waals surface area contributed by atoms with Gasteiger partial charge in [0.05, 0.1) is 6.33 Å². The Balaban J connectivity index is 1.95. The molecule has 2 aromatic heterocycles. The van der Waals surface area contributed by atoms with E-state index in [-0.39, 0.29) is 12.6 Å². The summed E-state index contributed by atoms with van der Waals surface area (Å²) in [5, 5.41) is 0.316. The molecule has 1 unspecified atom stereocenters. The SMILES string of the molecule is CCCCCCCCCC(CCOCP(=O)(O)O)n1cnc2c(Cl)ncnc21. The molecule has 0 aromatic carbocycles. The first-order valence-corrected chi connectivity index (χ1v) is 12.0. The Morgan fingerprint density at radius 1 is 1.11 bits per heavy atom. The number of hydrogen-bond donors (Lipinski definition) is 2. The Bertz CT molecular complexity index is 767. The topological polar surface area (TPSA) is 110 Å². The molecule has 158 valence electrons. The zero-order chi connectivity index (χ0) is 20.4. The predicted octanol–water partition coefficient (Wildman–Crippen LogP) is 4.70. The van der Waals surface area contributed by atoms with Gasteiger partial charge in [0.2, 0.25) is 0 Å². The maximum absolute atomic E-state index is 11.0. The van der Waals surface area contributed by atoms with Crippen LogP contribution in [0.5, 0.6) is 0 Å². The number of ether oxygens (including phenoxy) is 1. The highest BCUT2D eigenvalue weighted by Crippen LogP contribution is 2.34. The van der Waals surface area contributed by atoms with Crippen molar-refractivity contribution in [3.63, 3.8) is 0 Å². The van der Waals surface area contributed by atoms with Gasteiger partial charge >= 0.3 is 7.60 Å². The minimum atomic E-state index is -4.15. The van der Waals surface area contributed by atoms with Gasteiger partial charge in [0.25, 0.3) is 0 Å². The van der Waals surface area contributed by atoms with Crippen LogP contribution < -0.4 is 0 Å². The number of halogens is 1. The average Bonchev–Trinajstić information content (AvgIpc) is 3.07. The molecule has 2 rings (SSSR count). The van der Waals surface area contributed by atoms with Crippen LogP contribution in [0.4, 0.5) is 0 Å². The highest BCUT2D eigenvalue weighted by Gasteiger charge is 2.18. The fraction of sp³-hybridized carbons (Fsp3) is 0.722. The summed E-state index contributed by atoms with van der Waals surface area (Å²) in [6, 6.07) is 0.0726. The molecule has 0 fully saturated rings. The lowest BCUT2D eigenvalue weighted by Crippen LogP contribution is -2.12. The Morgan fingerprint density at radius 3 is 2.54 bits per heavy atom. The molecule has 0 bridgehead atoms. The molecular formula is C18H30ClN4O4P. The normalized spacial score (nSPS) is 13.3. The quantitative estimate of drug-likeness (QED) is 0.253. The van der Waals surface area contributed by atoms with E-state index in [0.29, 0.717) is 22.7 Å². The van der Waals surface area contributed by atoms with E-state index in [1.165, 1.54) is 38.4 Å². The standard InChI is InChI=1S/C18H30ClN4O4P/c1-2-3-4-5-6-7-8-9-15(10-11-27-14-28(24,25)26)23-13-22-16-17(19)20-12-21-18(16)23/h12-13,15H,2-11,14H2,1H3,(H2,24,25,26). The first-order valence-electron chi connectivity index (χ1n) is 9.87. The minimum Gasteiger partial charge on any atom is -0.369 e. The molecule has 1 atom stereocenters. The van der Waals surface area contributed by atoms with E-state index in [0.717, 1.165) is 19.3 Å². The van der Waals surface area contributed by atoms with Crippen LogP contribution in [0.2, 0.25) is 5.15 Å². The van der Waals surface area contributed by atoms with E-state index < -0.39 is 13.9 Å². The second-order valence-corrected chi connectivity index (χ2v) is 8.99. The summed E-state index contributed by atoms with van der Waals surface area (Å²) in [5.74, 6) is 0. The number of aromatic nitrogens is 4. The third-order valence-corrected chi connectivity index (χ3v) is 5.50. The summed E-state index contributed by atoms with van der Waals surface area (Å²) in [5.41, 5.74) is 1.23. The molecule has 8 nitrogen and oxygen atoms in total. The molecule has 0 saturated carbocycles. The van der Waals surface area contributed by atoms with Gasteiger partial charge < -0.3 is 19.1 Å². The highest BCUT2D eigenvalue weighted by atomic mass is 35.5. The van der Waals surface area contributed by atoms with Crippen molar-refractivity contribution in [2.24, 2.45) is 0 Å². The summed E-state index contributed by atoms with van der Waals surface area (Å²) >= 11 is 6.10. The van der Waals surface area contributed by atoms with Gasteiger partial charge in [0.15, 0.2) is 10.8 Å². The Kier molecular flexibility index (Phi) is 9.82. The first-order chi connectivity index (χ1) is 13.4. The maximum atomic E-state index is 11.0. The first kappa shape index (κ1) is 23.2. The Labute approximate surface area is 170 Å². The van der Waals surface area contributed by atoms with Crippen molar-refractivity contribution in [2.75, 3.05) is 13.0 Å². The molecule has 0 spiro atoms. The van der Waals surface area contributed by atoms with E-state index in [1.54, 1.807) is 6.33 Å². The number of fused-ring (bicyclic) bond motifs is 1. The zero-order valence-corrected chi connectivity index (χ0v) is 18.0. The summed E-state index contributed by atoms with van der Waals surface area (Å²) in [6.45, 7) is 2.47. The molecule has 10 heteroatoms. The van der Waals surface area contributed by atoms with Gasteiger partial charge in [-0.15, -0.1) is 0 Å². The van der Waals surface area contributed by atoms with Crippen molar-refractivity contribution in [2.45, 2.75) is 70.8 Å². The zero-order valence-electron chi connectivity index (χ0n) is 16.3. The molecule has 2 aromatic rings. The number of rotatable bonds is 14. The molecule has 0 aliphatic heterocycles. The van der Waals surface area contributed by atoms with Gasteiger partial charge in [-0.2, -0.15) is 0 Å². The molecule has 0 radical (unpaired) electrons. The third-order valence-electron chi connectivity index (χ3n) is 4.70. The van der Waals surface area contributed by atoms with Crippen molar-refractivity contribution in [1.82, 2.24) is 19.5 Å². The fourth-order valence-electron chi connectivity index (χ4n) is 3.25. The Morgan fingerprint density at radius 2 is 1.82 bits per heavy atom. The summed E-state index contributed by atoms with van der Waals surface area (Å²) in [7, 11) is -4.15. The molecule has 2 heterocycles. The number of nitrogens with zero attached hydrogens (tertiary/aromatic N) is 4. The van der Waals surface area contributed by atoms with Gasteiger partial charge in [0, 0.05) is 12.6 Å². The lowest BCUT2D eigenvalue weighted by Gasteiger charge is -2.19. The molecule has 0 aliphatic carbocycles. The second-order valence-electron chi connectivity index (χ2n) is 7.04. The number of hydrogen-bond acceptors (Lipinski definition) is 5. The number of unbranched alkanes of at least 4 members (excludes halogenated alkanes) is 6. The molecule has 2 N–H and O–H groups in total. The number of imidazole rings is 1. The maximum Gasteiger partial charge on any atom is 0.350 e. The monoisotopic (exact) mass is 432 g/mol. The van der Waals surface area contributed by atoms with Crippen LogP contribution in [0.25, 0.3) is 11.2 Å². The molecular weight excluding hydrogens is 403 g/mol. The van der Waals surface area contributed by atoms with Crippen LogP contribution in [0.15, 0.2) is 12.7 Å². The van der Waals surface area contributed by atoms with E-state index >= 15 is 0 Å². The van der Waals surface area contributed by atoms with Gasteiger partial charge in [0.1, 0.15) is 18.2 Å². The van der Waals surface area contributed by atoms with Crippen LogP contribution in [0.3, 0.4) is 0 Å². The van der Waals surface area contributed by atoms with Crippen LogP contribution in [0, 0.1) is 0 Å². The summed E-state index contributed by atoms with van der Waals surface area (Å²) < 4.78 is 18.1. The second kappa shape index (κ2) is 11.8. The third kappa shape index (κ3) is 7.76. The van der Waals surface area contributed by atoms with Crippen molar-refractivity contribution in [1.29, 1.82) is 0 Å². The van der Waals surface area contributed by atoms with Crippen LogP contribution in [-0.2, 0) is 9.30 Å². The minimum absolute atomic E-state index is 0.0726. The molecule has 0 amide bonds. The van der Waals surface area contributed by atoms with Gasteiger partial charge in [-0.05, 0) is 12.8 Å². The predicted molar refractivity (Wildman–Crippen MR) is 109 cm³/mol. The molecule has 28 heavy (non-hydrogen) atoms. The van der Waals surface area contributed by atoms with Crippen molar-refractivity contribution in [3.05, 3.63) is 17.8 Å². The van der Waals surface area contributed by atoms with Crippen LogP contribution >= 0.6 is 19.2 Å². The van der Waals surface area contributed by atoms with E-state index in [9.17, 15) is 4.57 Å². The van der Waals surface area contributed by atoms with Crippen LogP contribution in [-0.4, -0.2) is 42.3 Å². The Hall–Kier alpha value is -1.05. The lowest BCUT2D eigenvalue weighted by atomic mass is 10.0. The van der Waals surface area contributed by atoms with E-state index in [1.807, 2.05) is 4.57 Å². The average molecular weight is 433 g/mol. The highest BCUT2D eigenvalue weighted by molar-refractivity contribution is 7.51. The summed E-state index contributed by atoms with van der Waals surface area (Å²) in [6.07, 6.45) is 12.6. The molecule has 0 saturated heterocycles. The fourth-order valence-corrected chi connectivity index (χ4v) is 3.80. The van der Waals surface area contributed by atoms with E-state index in [4.69, 9.17) is 26.1 Å². The van der Waals surface area contributed by atoms with Crippen molar-refractivity contribution < 1.29 is 19.1 Å². The van der Waals surface area contributed by atoms with Crippen LogP contribution in [0.1, 0.15) is 70.8 Å². The smallest absolute Gasteiger partial charge is 0.350 e. The van der Waals surface area contributed by atoms with Gasteiger partial charge in [-0.1, -0.05) is 63.5 Å². The summed E-state index contributed by atoms with van der Waals surface area (Å²) in [4.78, 5) is 30.5. The van der Waals surface area contributed by atoms with Gasteiger partial charge in [-0.25, -0.2) is 15.0 Å². The van der Waals surface area contributed by atoms with E-state index in [2.05, 4.69) is 21.9 Å². The van der Waals surface area contributed by atoms with Gasteiger partial charge in [-0.3, -0.25) is 4.57 Å². The van der Waals surface area contributed by atoms with Crippen molar-refractivity contribution >= 4 is 30.4 Å². The van der Waals surface area contributed by atoms with Crippen molar-refractivity contribution in [3.8, 4) is 0 Å². The largest absolute Gasteiger partial charge is 0.369 e.